The van der Waals surface area contributed by atoms with E-state index in [4.69, 9.17) is 5.11 Å². The van der Waals surface area contributed by atoms with E-state index in [0.29, 0.717) is 30.3 Å². The second kappa shape index (κ2) is 5.67. The van der Waals surface area contributed by atoms with Crippen LogP contribution in [0.1, 0.15) is 47.0 Å². The molecule has 0 radical (unpaired) electrons. The first-order valence-electron chi connectivity index (χ1n) is 6.39. The molecule has 0 bridgehead atoms. The smallest absolute Gasteiger partial charge is 0.303 e. The van der Waals surface area contributed by atoms with Crippen molar-refractivity contribution in [1.29, 1.82) is 0 Å². The molecule has 1 heterocycles. The van der Waals surface area contributed by atoms with E-state index in [1.54, 1.807) is 0 Å². The van der Waals surface area contributed by atoms with Crippen LogP contribution in [-0.4, -0.2) is 34.6 Å². The SMILES string of the molecule is CC(C)C[C@@H]1[C@@H](CC(=O)O)CCN1C(C)C. The van der Waals surface area contributed by atoms with Crippen LogP contribution in [0.2, 0.25) is 0 Å². The van der Waals surface area contributed by atoms with Crippen LogP contribution in [0.3, 0.4) is 0 Å². The van der Waals surface area contributed by atoms with Crippen molar-refractivity contribution in [2.75, 3.05) is 6.54 Å². The van der Waals surface area contributed by atoms with Crippen LogP contribution >= 0.6 is 0 Å². The lowest BCUT2D eigenvalue weighted by atomic mass is 9.90. The zero-order valence-corrected chi connectivity index (χ0v) is 10.9. The summed E-state index contributed by atoms with van der Waals surface area (Å²) in [4.78, 5) is 13.3. The number of hydrogen-bond acceptors (Lipinski definition) is 2. The van der Waals surface area contributed by atoms with E-state index in [1.807, 2.05) is 0 Å². The van der Waals surface area contributed by atoms with Gasteiger partial charge in [-0.3, -0.25) is 9.69 Å². The van der Waals surface area contributed by atoms with Crippen molar-refractivity contribution in [2.45, 2.75) is 59.0 Å². The van der Waals surface area contributed by atoms with Crippen LogP contribution in [0.25, 0.3) is 0 Å². The minimum atomic E-state index is -0.649. The van der Waals surface area contributed by atoms with E-state index in [1.165, 1.54) is 0 Å². The number of rotatable bonds is 5. The standard InChI is InChI=1S/C13H25NO2/c1-9(2)7-12-11(8-13(15)16)5-6-14(12)10(3)4/h9-12H,5-8H2,1-4H3,(H,15,16)/t11-,12-/m1/s1. The third-order valence-corrected chi connectivity index (χ3v) is 3.54. The molecule has 0 aliphatic carbocycles. The molecule has 16 heavy (non-hydrogen) atoms. The maximum absolute atomic E-state index is 10.8. The summed E-state index contributed by atoms with van der Waals surface area (Å²) in [5.41, 5.74) is 0. The molecule has 0 amide bonds. The van der Waals surface area contributed by atoms with E-state index < -0.39 is 5.97 Å². The second-order valence-corrected chi connectivity index (χ2v) is 5.68. The van der Waals surface area contributed by atoms with Gasteiger partial charge in [0.25, 0.3) is 0 Å². The van der Waals surface area contributed by atoms with Crippen molar-refractivity contribution in [1.82, 2.24) is 4.90 Å². The molecular formula is C13H25NO2. The van der Waals surface area contributed by atoms with E-state index >= 15 is 0 Å². The zero-order valence-electron chi connectivity index (χ0n) is 10.9. The number of aliphatic carboxylic acids is 1. The summed E-state index contributed by atoms with van der Waals surface area (Å²) < 4.78 is 0. The topological polar surface area (TPSA) is 40.5 Å². The maximum Gasteiger partial charge on any atom is 0.303 e. The highest BCUT2D eigenvalue weighted by Crippen LogP contribution is 2.32. The Morgan fingerprint density at radius 3 is 2.44 bits per heavy atom. The molecular weight excluding hydrogens is 202 g/mol. The van der Waals surface area contributed by atoms with Crippen LogP contribution in [0.5, 0.6) is 0 Å². The van der Waals surface area contributed by atoms with Crippen LogP contribution < -0.4 is 0 Å². The number of hydrogen-bond donors (Lipinski definition) is 1. The Balaban J connectivity index is 2.67. The molecule has 1 rings (SSSR count). The van der Waals surface area contributed by atoms with Crippen LogP contribution in [0.15, 0.2) is 0 Å². The number of likely N-dealkylation sites (tertiary alicyclic amines) is 1. The molecule has 1 fully saturated rings. The van der Waals surface area contributed by atoms with Crippen molar-refractivity contribution >= 4 is 5.97 Å². The van der Waals surface area contributed by atoms with Crippen LogP contribution in [0, 0.1) is 11.8 Å². The van der Waals surface area contributed by atoms with Crippen molar-refractivity contribution in [3.05, 3.63) is 0 Å². The lowest BCUT2D eigenvalue weighted by molar-refractivity contribution is -0.138. The van der Waals surface area contributed by atoms with E-state index in [9.17, 15) is 4.79 Å². The quantitative estimate of drug-likeness (QED) is 0.785. The van der Waals surface area contributed by atoms with Crippen LogP contribution in [-0.2, 0) is 4.79 Å². The van der Waals surface area contributed by atoms with E-state index in [0.717, 1.165) is 19.4 Å². The highest BCUT2D eigenvalue weighted by Gasteiger charge is 2.36. The number of carboxylic acids is 1. The molecule has 2 atom stereocenters. The molecule has 1 aliphatic heterocycles. The fourth-order valence-corrected chi connectivity index (χ4v) is 2.86. The number of nitrogens with zero attached hydrogens (tertiary/aromatic N) is 1. The predicted molar refractivity (Wildman–Crippen MR) is 65.4 cm³/mol. The Morgan fingerprint density at radius 1 is 1.38 bits per heavy atom. The summed E-state index contributed by atoms with van der Waals surface area (Å²) in [6.07, 6.45) is 2.50. The Hall–Kier alpha value is -0.570. The van der Waals surface area contributed by atoms with Gasteiger partial charge >= 0.3 is 5.97 Å². The van der Waals surface area contributed by atoms with Crippen LogP contribution in [0.4, 0.5) is 0 Å². The van der Waals surface area contributed by atoms with E-state index in [2.05, 4.69) is 32.6 Å². The van der Waals surface area contributed by atoms with Crippen molar-refractivity contribution < 1.29 is 9.90 Å². The average molecular weight is 227 g/mol. The first kappa shape index (κ1) is 13.5. The second-order valence-electron chi connectivity index (χ2n) is 5.68. The van der Waals surface area contributed by atoms with Crippen molar-refractivity contribution in [3.8, 4) is 0 Å². The van der Waals surface area contributed by atoms with Crippen molar-refractivity contribution in [2.24, 2.45) is 11.8 Å². The molecule has 3 heteroatoms. The molecule has 0 unspecified atom stereocenters. The van der Waals surface area contributed by atoms with Gasteiger partial charge in [0.1, 0.15) is 0 Å². The number of carbonyl (C=O) groups is 1. The normalized spacial score (nSPS) is 26.9. The largest absolute Gasteiger partial charge is 0.481 e. The summed E-state index contributed by atoms with van der Waals surface area (Å²) in [5, 5.41) is 8.93. The lowest BCUT2D eigenvalue weighted by Gasteiger charge is -2.32. The molecule has 0 spiro atoms. The minimum absolute atomic E-state index is 0.334. The Bertz CT molecular complexity index is 238. The lowest BCUT2D eigenvalue weighted by Crippen LogP contribution is -2.39. The number of carboxylic acid groups (broad SMARTS) is 1. The van der Waals surface area contributed by atoms with Gasteiger partial charge in [-0.1, -0.05) is 13.8 Å². The summed E-state index contributed by atoms with van der Waals surface area (Å²) >= 11 is 0. The van der Waals surface area contributed by atoms with Gasteiger partial charge in [0, 0.05) is 18.5 Å². The zero-order chi connectivity index (χ0) is 12.3. The minimum Gasteiger partial charge on any atom is -0.481 e. The molecule has 0 aromatic heterocycles. The maximum atomic E-state index is 10.8. The summed E-state index contributed by atoms with van der Waals surface area (Å²) in [5.74, 6) is 0.340. The molecule has 0 aromatic carbocycles. The summed E-state index contributed by atoms with van der Waals surface area (Å²) in [6.45, 7) is 9.91. The monoisotopic (exact) mass is 227 g/mol. The van der Waals surface area contributed by atoms with Gasteiger partial charge in [0.2, 0.25) is 0 Å². The van der Waals surface area contributed by atoms with Gasteiger partial charge in [-0.15, -0.1) is 0 Å². The Labute approximate surface area is 98.8 Å². The van der Waals surface area contributed by atoms with E-state index in [-0.39, 0.29) is 0 Å². The van der Waals surface area contributed by atoms with Gasteiger partial charge < -0.3 is 5.11 Å². The van der Waals surface area contributed by atoms with Gasteiger partial charge in [-0.05, 0) is 45.1 Å². The average Bonchev–Trinajstić information content (AvgIpc) is 2.47. The molecule has 3 nitrogen and oxygen atoms in total. The molecule has 0 saturated carbocycles. The molecule has 1 N–H and O–H groups in total. The Kier molecular flexibility index (Phi) is 4.78. The van der Waals surface area contributed by atoms with Gasteiger partial charge in [-0.25, -0.2) is 0 Å². The summed E-state index contributed by atoms with van der Waals surface area (Å²) in [7, 11) is 0. The fraction of sp³-hybridized carbons (Fsp3) is 0.923. The first-order valence-corrected chi connectivity index (χ1v) is 6.39. The van der Waals surface area contributed by atoms with Gasteiger partial charge in [0.15, 0.2) is 0 Å². The molecule has 0 aromatic rings. The van der Waals surface area contributed by atoms with Crippen molar-refractivity contribution in [3.63, 3.8) is 0 Å². The summed E-state index contributed by atoms with van der Waals surface area (Å²) in [6, 6.07) is 0.999. The fourth-order valence-electron chi connectivity index (χ4n) is 2.86. The molecule has 1 aliphatic rings. The highest BCUT2D eigenvalue weighted by atomic mass is 16.4. The first-order chi connectivity index (χ1) is 7.41. The highest BCUT2D eigenvalue weighted by molar-refractivity contribution is 5.67. The van der Waals surface area contributed by atoms with Gasteiger partial charge in [0.05, 0.1) is 0 Å². The predicted octanol–water partition coefficient (Wildman–Crippen LogP) is 2.61. The molecule has 1 saturated heterocycles. The third-order valence-electron chi connectivity index (χ3n) is 3.54. The Morgan fingerprint density at radius 2 is 2.00 bits per heavy atom. The molecule has 94 valence electrons. The van der Waals surface area contributed by atoms with Gasteiger partial charge in [-0.2, -0.15) is 0 Å². The third kappa shape index (κ3) is 3.48.